The highest BCUT2D eigenvalue weighted by atomic mass is 32.2. The van der Waals surface area contributed by atoms with E-state index < -0.39 is 31.9 Å². The molecule has 33 heavy (non-hydrogen) atoms. The lowest BCUT2D eigenvalue weighted by molar-refractivity contribution is -0.121. The number of amides is 2. The molecule has 2 heterocycles. The number of sulfonamides is 2. The van der Waals surface area contributed by atoms with Gasteiger partial charge in [-0.15, -0.1) is 0 Å². The Hall–Kier alpha value is -2.96. The molecule has 176 valence electrons. The Morgan fingerprint density at radius 2 is 1.42 bits per heavy atom. The van der Waals surface area contributed by atoms with Gasteiger partial charge in [-0.05, 0) is 55.3 Å². The summed E-state index contributed by atoms with van der Waals surface area (Å²) in [5.74, 6) is -0.680. The molecule has 0 radical (unpaired) electrons. The zero-order chi connectivity index (χ0) is 23.8. The largest absolute Gasteiger partial charge is 0.495 e. The minimum absolute atomic E-state index is 0.0455. The van der Waals surface area contributed by atoms with Gasteiger partial charge in [0.25, 0.3) is 10.0 Å². The monoisotopic (exact) mass is 493 g/mol. The molecular weight excluding hydrogens is 470 g/mol. The number of nitrogens with one attached hydrogen (secondary N) is 1. The Morgan fingerprint density at radius 1 is 0.848 bits per heavy atom. The Morgan fingerprint density at radius 3 is 2.00 bits per heavy atom. The average Bonchev–Trinajstić information content (AvgIpc) is 3.44. The summed E-state index contributed by atoms with van der Waals surface area (Å²) in [5.41, 5.74) is 0.223. The third-order valence-electron chi connectivity index (χ3n) is 5.56. The molecule has 2 aliphatic heterocycles. The fourth-order valence-electron chi connectivity index (χ4n) is 3.84. The number of methoxy groups -OCH3 is 1. The van der Waals surface area contributed by atoms with E-state index in [0.717, 1.165) is 17.7 Å². The lowest BCUT2D eigenvalue weighted by Gasteiger charge is -2.19. The predicted molar refractivity (Wildman–Crippen MR) is 120 cm³/mol. The fraction of sp³-hybridized carbons (Fsp3) is 0.333. The van der Waals surface area contributed by atoms with Crippen molar-refractivity contribution in [3.8, 4) is 5.75 Å². The number of carbonyl (C=O) groups excluding carboxylic acids is 2. The van der Waals surface area contributed by atoms with E-state index in [1.807, 2.05) is 0 Å². The third kappa shape index (κ3) is 4.45. The van der Waals surface area contributed by atoms with Crippen molar-refractivity contribution in [1.82, 2.24) is 4.31 Å². The molecule has 0 atom stereocenters. The van der Waals surface area contributed by atoms with Crippen molar-refractivity contribution in [3.05, 3.63) is 42.5 Å². The van der Waals surface area contributed by atoms with Crippen molar-refractivity contribution >= 4 is 43.2 Å². The highest BCUT2D eigenvalue weighted by molar-refractivity contribution is 7.92. The van der Waals surface area contributed by atoms with Gasteiger partial charge in [0, 0.05) is 31.6 Å². The van der Waals surface area contributed by atoms with Crippen LogP contribution in [0.5, 0.6) is 5.75 Å². The van der Waals surface area contributed by atoms with Crippen LogP contribution < -0.4 is 14.4 Å². The number of carbonyl (C=O) groups is 2. The fourth-order valence-corrected chi connectivity index (χ4v) is 6.44. The first-order valence-corrected chi connectivity index (χ1v) is 13.2. The molecule has 0 aromatic heterocycles. The van der Waals surface area contributed by atoms with Crippen molar-refractivity contribution in [2.75, 3.05) is 29.8 Å². The first-order chi connectivity index (χ1) is 15.6. The van der Waals surface area contributed by atoms with Gasteiger partial charge in [-0.3, -0.25) is 14.3 Å². The minimum atomic E-state index is -4.10. The number of rotatable bonds is 7. The van der Waals surface area contributed by atoms with Crippen LogP contribution in [0.1, 0.15) is 25.7 Å². The number of ether oxygens (including phenoxy) is 1. The van der Waals surface area contributed by atoms with Crippen molar-refractivity contribution in [3.63, 3.8) is 0 Å². The van der Waals surface area contributed by atoms with Crippen LogP contribution in [0, 0.1) is 0 Å². The van der Waals surface area contributed by atoms with Gasteiger partial charge in [-0.1, -0.05) is 0 Å². The van der Waals surface area contributed by atoms with Crippen molar-refractivity contribution in [1.29, 1.82) is 0 Å². The van der Waals surface area contributed by atoms with E-state index in [1.54, 1.807) is 0 Å². The average molecular weight is 494 g/mol. The molecule has 2 aromatic carbocycles. The third-order valence-corrected chi connectivity index (χ3v) is 8.85. The smallest absolute Gasteiger partial charge is 0.261 e. The van der Waals surface area contributed by atoms with E-state index in [2.05, 4.69) is 4.72 Å². The molecule has 2 amide bonds. The van der Waals surface area contributed by atoms with Crippen molar-refractivity contribution in [2.24, 2.45) is 0 Å². The first kappa shape index (κ1) is 23.2. The van der Waals surface area contributed by atoms with Crippen LogP contribution in [0.3, 0.4) is 0 Å². The van der Waals surface area contributed by atoms with Gasteiger partial charge < -0.3 is 4.74 Å². The Balaban J connectivity index is 1.60. The predicted octanol–water partition coefficient (Wildman–Crippen LogP) is 1.93. The molecule has 10 nitrogen and oxygen atoms in total. The summed E-state index contributed by atoms with van der Waals surface area (Å²) in [6.07, 6.45) is 1.72. The maximum Gasteiger partial charge on any atom is 0.261 e. The minimum Gasteiger partial charge on any atom is -0.495 e. The lowest BCUT2D eigenvalue weighted by atomic mass is 10.2. The molecule has 1 N–H and O–H groups in total. The molecule has 0 unspecified atom stereocenters. The van der Waals surface area contributed by atoms with E-state index in [9.17, 15) is 26.4 Å². The number of anilines is 2. The molecule has 0 spiro atoms. The zero-order valence-electron chi connectivity index (χ0n) is 17.9. The van der Waals surface area contributed by atoms with Crippen LogP contribution in [-0.4, -0.2) is 53.2 Å². The summed E-state index contributed by atoms with van der Waals surface area (Å²) < 4.78 is 60.2. The quantitative estimate of drug-likeness (QED) is 0.583. The Labute approximate surface area is 192 Å². The molecule has 2 aliphatic rings. The number of nitrogens with zero attached hydrogens (tertiary/aromatic N) is 2. The Kier molecular flexibility index (Phi) is 6.16. The highest BCUT2D eigenvalue weighted by Gasteiger charge is 2.33. The molecular formula is C21H23N3O7S2. The second kappa shape index (κ2) is 8.76. The lowest BCUT2D eigenvalue weighted by Crippen LogP contribution is -2.29. The normalized spacial score (nSPS) is 17.5. The molecule has 12 heteroatoms. The van der Waals surface area contributed by atoms with E-state index in [4.69, 9.17) is 4.74 Å². The Bertz CT molecular complexity index is 1280. The van der Waals surface area contributed by atoms with Crippen LogP contribution in [0.15, 0.2) is 52.3 Å². The second-order valence-electron chi connectivity index (χ2n) is 7.70. The number of benzene rings is 2. The number of imide groups is 1. The standard InChI is InChI=1S/C21H23N3O7S2/c1-31-19-9-8-17(14-18(19)24-20(25)10-11-21(24)26)32(27,28)22-15-4-6-16(7-5-15)33(29,30)23-12-2-3-13-23/h4-9,14,22H,2-3,10-13H2,1H3. The molecule has 2 fully saturated rings. The van der Waals surface area contributed by atoms with E-state index >= 15 is 0 Å². The van der Waals surface area contributed by atoms with E-state index in [-0.39, 0.29) is 39.8 Å². The molecule has 0 bridgehead atoms. The van der Waals surface area contributed by atoms with Gasteiger partial charge >= 0.3 is 0 Å². The first-order valence-electron chi connectivity index (χ1n) is 10.3. The maximum absolute atomic E-state index is 13.0. The summed E-state index contributed by atoms with van der Waals surface area (Å²) in [6, 6.07) is 9.32. The molecule has 2 aromatic rings. The van der Waals surface area contributed by atoms with Gasteiger partial charge in [-0.2, -0.15) is 4.31 Å². The van der Waals surface area contributed by atoms with Crippen molar-refractivity contribution < 1.29 is 31.2 Å². The summed E-state index contributed by atoms with van der Waals surface area (Å²) in [7, 11) is -6.36. The van der Waals surface area contributed by atoms with Gasteiger partial charge in [0.05, 0.1) is 22.6 Å². The van der Waals surface area contributed by atoms with Gasteiger partial charge in [0.2, 0.25) is 21.8 Å². The van der Waals surface area contributed by atoms with Gasteiger partial charge in [-0.25, -0.2) is 21.7 Å². The maximum atomic E-state index is 13.0. The second-order valence-corrected chi connectivity index (χ2v) is 11.3. The van der Waals surface area contributed by atoms with Crippen LogP contribution in [-0.2, 0) is 29.6 Å². The highest BCUT2D eigenvalue weighted by Crippen LogP contribution is 2.34. The topological polar surface area (TPSA) is 130 Å². The summed E-state index contributed by atoms with van der Waals surface area (Å²) in [4.78, 5) is 25.1. The summed E-state index contributed by atoms with van der Waals surface area (Å²) >= 11 is 0. The van der Waals surface area contributed by atoms with Crippen LogP contribution in [0.2, 0.25) is 0 Å². The van der Waals surface area contributed by atoms with Crippen LogP contribution in [0.25, 0.3) is 0 Å². The van der Waals surface area contributed by atoms with Gasteiger partial charge in [0.1, 0.15) is 5.75 Å². The van der Waals surface area contributed by atoms with E-state index in [0.29, 0.717) is 13.1 Å². The summed E-state index contributed by atoms with van der Waals surface area (Å²) in [6.45, 7) is 0.942. The molecule has 2 saturated heterocycles. The number of hydrogen-bond acceptors (Lipinski definition) is 7. The molecule has 4 rings (SSSR count). The van der Waals surface area contributed by atoms with Gasteiger partial charge in [0.15, 0.2) is 0 Å². The van der Waals surface area contributed by atoms with E-state index in [1.165, 1.54) is 53.9 Å². The van der Waals surface area contributed by atoms with Crippen molar-refractivity contribution in [2.45, 2.75) is 35.5 Å². The number of hydrogen-bond donors (Lipinski definition) is 1. The molecule has 0 aliphatic carbocycles. The molecule has 0 saturated carbocycles. The van der Waals surface area contributed by atoms with Crippen LogP contribution in [0.4, 0.5) is 11.4 Å². The summed E-state index contributed by atoms with van der Waals surface area (Å²) in [5, 5.41) is 0. The van der Waals surface area contributed by atoms with Crippen LogP contribution >= 0.6 is 0 Å². The zero-order valence-corrected chi connectivity index (χ0v) is 19.5. The SMILES string of the molecule is COc1ccc(S(=O)(=O)Nc2ccc(S(=O)(=O)N3CCCC3)cc2)cc1N1C(=O)CCC1=O.